The standard InChI is InChI=1S/C14H13N3S2/c1-2-10-8-9-19-12(10)13-15-16-14(18)17(13)11-6-4-3-5-7-11/h3-9H,2H2,1H3,(H,16,18). The molecule has 5 heteroatoms. The average molecular weight is 287 g/mol. The number of nitrogens with one attached hydrogen (secondary N) is 1. The molecule has 0 bridgehead atoms. The van der Waals surface area contributed by atoms with Crippen molar-refractivity contribution in [2.75, 3.05) is 0 Å². The van der Waals surface area contributed by atoms with Crippen molar-refractivity contribution in [1.82, 2.24) is 14.8 Å². The smallest absolute Gasteiger partial charge is 0.200 e. The third-order valence-electron chi connectivity index (χ3n) is 3.02. The molecule has 0 saturated carbocycles. The molecule has 0 radical (unpaired) electrons. The highest BCUT2D eigenvalue weighted by Gasteiger charge is 2.14. The Balaban J connectivity index is 2.23. The van der Waals surface area contributed by atoms with Crippen LogP contribution in [0.1, 0.15) is 12.5 Å². The fourth-order valence-electron chi connectivity index (χ4n) is 2.08. The molecule has 0 fully saturated rings. The molecular weight excluding hydrogens is 274 g/mol. The Kier molecular flexibility index (Phi) is 3.31. The van der Waals surface area contributed by atoms with Crippen LogP contribution < -0.4 is 0 Å². The number of aromatic amines is 1. The minimum absolute atomic E-state index is 0.622. The third kappa shape index (κ3) is 2.15. The van der Waals surface area contributed by atoms with Crippen LogP contribution in [0.25, 0.3) is 16.4 Å². The van der Waals surface area contributed by atoms with E-state index in [9.17, 15) is 0 Å². The van der Waals surface area contributed by atoms with Crippen molar-refractivity contribution in [2.45, 2.75) is 13.3 Å². The van der Waals surface area contributed by atoms with E-state index in [4.69, 9.17) is 12.2 Å². The van der Waals surface area contributed by atoms with E-state index >= 15 is 0 Å². The lowest BCUT2D eigenvalue weighted by Gasteiger charge is -2.06. The second-order valence-corrected chi connectivity index (χ2v) is 5.45. The molecule has 0 unspecified atom stereocenters. The summed E-state index contributed by atoms with van der Waals surface area (Å²) in [5, 5.41) is 9.40. The summed E-state index contributed by atoms with van der Waals surface area (Å²) in [7, 11) is 0. The first-order chi connectivity index (χ1) is 9.31. The summed E-state index contributed by atoms with van der Waals surface area (Å²) in [5.74, 6) is 0.892. The third-order valence-corrected chi connectivity index (χ3v) is 4.24. The first-order valence-electron chi connectivity index (χ1n) is 6.11. The number of hydrogen-bond acceptors (Lipinski definition) is 3. The molecule has 3 nitrogen and oxygen atoms in total. The fourth-order valence-corrected chi connectivity index (χ4v) is 3.29. The lowest BCUT2D eigenvalue weighted by Crippen LogP contribution is -1.97. The normalized spacial score (nSPS) is 10.8. The highest BCUT2D eigenvalue weighted by molar-refractivity contribution is 7.71. The molecule has 0 saturated heterocycles. The molecule has 3 aromatic rings. The van der Waals surface area contributed by atoms with Crippen molar-refractivity contribution in [3.8, 4) is 16.4 Å². The summed E-state index contributed by atoms with van der Waals surface area (Å²) in [4.78, 5) is 1.18. The van der Waals surface area contributed by atoms with Gasteiger partial charge in [0.15, 0.2) is 10.6 Å². The molecule has 0 atom stereocenters. The van der Waals surface area contributed by atoms with Crippen LogP contribution in [0, 0.1) is 4.77 Å². The lowest BCUT2D eigenvalue weighted by molar-refractivity contribution is 1.03. The lowest BCUT2D eigenvalue weighted by atomic mass is 10.2. The van der Waals surface area contributed by atoms with Crippen molar-refractivity contribution in [3.63, 3.8) is 0 Å². The van der Waals surface area contributed by atoms with Crippen LogP contribution in [-0.2, 0) is 6.42 Å². The number of thiophene rings is 1. The Hall–Kier alpha value is -1.72. The van der Waals surface area contributed by atoms with Crippen molar-refractivity contribution in [1.29, 1.82) is 0 Å². The molecule has 96 valence electrons. The maximum absolute atomic E-state index is 5.36. The number of aromatic nitrogens is 3. The van der Waals surface area contributed by atoms with Gasteiger partial charge in [-0.1, -0.05) is 25.1 Å². The molecular formula is C14H13N3S2. The van der Waals surface area contributed by atoms with E-state index in [1.54, 1.807) is 11.3 Å². The highest BCUT2D eigenvalue weighted by Crippen LogP contribution is 2.30. The molecule has 0 aliphatic rings. The Morgan fingerprint density at radius 3 is 2.79 bits per heavy atom. The molecule has 2 heterocycles. The predicted octanol–water partition coefficient (Wildman–Crippen LogP) is 4.22. The van der Waals surface area contributed by atoms with E-state index in [1.807, 2.05) is 34.9 Å². The topological polar surface area (TPSA) is 33.6 Å². The van der Waals surface area contributed by atoms with E-state index < -0.39 is 0 Å². The highest BCUT2D eigenvalue weighted by atomic mass is 32.1. The number of para-hydroxylation sites is 1. The number of rotatable bonds is 3. The quantitative estimate of drug-likeness (QED) is 0.732. The van der Waals surface area contributed by atoms with E-state index in [0.717, 1.165) is 17.9 Å². The van der Waals surface area contributed by atoms with Crippen molar-refractivity contribution in [2.24, 2.45) is 0 Å². The zero-order chi connectivity index (χ0) is 13.2. The largest absolute Gasteiger partial charge is 0.267 e. The van der Waals surface area contributed by atoms with Gasteiger partial charge in [0.1, 0.15) is 0 Å². The maximum Gasteiger partial charge on any atom is 0.200 e. The number of H-pyrrole nitrogens is 1. The first-order valence-corrected chi connectivity index (χ1v) is 7.39. The summed E-state index contributed by atoms with van der Waals surface area (Å²) in [5.41, 5.74) is 2.34. The van der Waals surface area contributed by atoms with Gasteiger partial charge >= 0.3 is 0 Å². The van der Waals surface area contributed by atoms with Gasteiger partial charge in [0, 0.05) is 5.69 Å². The monoisotopic (exact) mass is 287 g/mol. The van der Waals surface area contributed by atoms with E-state index in [2.05, 4.69) is 28.6 Å². The van der Waals surface area contributed by atoms with Crippen LogP contribution in [0.15, 0.2) is 41.8 Å². The fraction of sp³-hybridized carbons (Fsp3) is 0.143. The molecule has 0 aliphatic carbocycles. The summed E-state index contributed by atoms with van der Waals surface area (Å²) < 4.78 is 2.61. The van der Waals surface area contributed by atoms with Crippen LogP contribution in [0.4, 0.5) is 0 Å². The van der Waals surface area contributed by atoms with Gasteiger partial charge in [-0.2, -0.15) is 5.10 Å². The molecule has 0 aliphatic heterocycles. The van der Waals surface area contributed by atoms with Crippen LogP contribution >= 0.6 is 23.6 Å². The van der Waals surface area contributed by atoms with Gasteiger partial charge in [-0.05, 0) is 47.8 Å². The van der Waals surface area contributed by atoms with E-state index in [-0.39, 0.29) is 0 Å². The van der Waals surface area contributed by atoms with Gasteiger partial charge in [-0.25, -0.2) is 0 Å². The predicted molar refractivity (Wildman–Crippen MR) is 81.4 cm³/mol. The van der Waals surface area contributed by atoms with Crippen LogP contribution in [0.2, 0.25) is 0 Å². The summed E-state index contributed by atoms with van der Waals surface area (Å²) in [6, 6.07) is 12.2. The number of nitrogens with zero attached hydrogens (tertiary/aromatic N) is 2. The Morgan fingerprint density at radius 2 is 2.05 bits per heavy atom. The van der Waals surface area contributed by atoms with E-state index in [1.165, 1.54) is 10.4 Å². The Morgan fingerprint density at radius 1 is 1.26 bits per heavy atom. The van der Waals surface area contributed by atoms with Gasteiger partial charge in [0.2, 0.25) is 0 Å². The van der Waals surface area contributed by atoms with Gasteiger partial charge < -0.3 is 0 Å². The summed E-state index contributed by atoms with van der Waals surface area (Å²) >= 11 is 7.06. The van der Waals surface area contributed by atoms with Crippen molar-refractivity contribution < 1.29 is 0 Å². The average Bonchev–Trinajstić information content (AvgIpc) is 3.05. The minimum Gasteiger partial charge on any atom is -0.267 e. The molecule has 19 heavy (non-hydrogen) atoms. The second-order valence-electron chi connectivity index (χ2n) is 4.15. The van der Waals surface area contributed by atoms with E-state index in [0.29, 0.717) is 4.77 Å². The SMILES string of the molecule is CCc1ccsc1-c1n[nH]c(=S)n1-c1ccccc1. The molecule has 0 spiro atoms. The Labute approximate surface area is 120 Å². The van der Waals surface area contributed by atoms with Crippen LogP contribution in [0.3, 0.4) is 0 Å². The van der Waals surface area contributed by atoms with Gasteiger partial charge in [0.25, 0.3) is 0 Å². The van der Waals surface area contributed by atoms with Crippen LogP contribution in [0.5, 0.6) is 0 Å². The molecule has 1 aromatic carbocycles. The molecule has 0 amide bonds. The van der Waals surface area contributed by atoms with Crippen LogP contribution in [-0.4, -0.2) is 14.8 Å². The van der Waals surface area contributed by atoms with Gasteiger partial charge in [-0.3, -0.25) is 9.67 Å². The molecule has 2 aromatic heterocycles. The first kappa shape index (κ1) is 12.3. The molecule has 3 rings (SSSR count). The number of benzene rings is 1. The minimum atomic E-state index is 0.622. The van der Waals surface area contributed by atoms with Crippen molar-refractivity contribution >= 4 is 23.6 Å². The van der Waals surface area contributed by atoms with Gasteiger partial charge in [-0.15, -0.1) is 11.3 Å². The maximum atomic E-state index is 5.36. The zero-order valence-electron chi connectivity index (χ0n) is 10.5. The number of hydrogen-bond donors (Lipinski definition) is 1. The zero-order valence-corrected chi connectivity index (χ0v) is 12.1. The summed E-state index contributed by atoms with van der Waals surface area (Å²) in [6.07, 6.45) is 0.993. The number of aryl methyl sites for hydroxylation is 1. The Bertz CT molecular complexity index is 737. The molecule has 1 N–H and O–H groups in total. The summed E-state index contributed by atoms with van der Waals surface area (Å²) in [6.45, 7) is 2.15. The second kappa shape index (κ2) is 5.11. The van der Waals surface area contributed by atoms with Crippen molar-refractivity contribution in [3.05, 3.63) is 52.1 Å². The van der Waals surface area contributed by atoms with Gasteiger partial charge in [0.05, 0.1) is 4.88 Å².